The molecule has 0 amide bonds. The van der Waals surface area contributed by atoms with Gasteiger partial charge in [0.1, 0.15) is 17.2 Å². The fraction of sp³-hybridized carbons (Fsp3) is 0.513. The van der Waals surface area contributed by atoms with Crippen LogP contribution < -0.4 is 14.2 Å². The minimum Gasteiger partial charge on any atom is -0.494 e. The lowest BCUT2D eigenvalue weighted by Crippen LogP contribution is -2.08. The van der Waals surface area contributed by atoms with Crippen LogP contribution in [0.2, 0.25) is 0 Å². The van der Waals surface area contributed by atoms with Crippen molar-refractivity contribution in [3.63, 3.8) is 0 Å². The van der Waals surface area contributed by atoms with Gasteiger partial charge < -0.3 is 14.2 Å². The maximum absolute atomic E-state index is 12.6. The summed E-state index contributed by atoms with van der Waals surface area (Å²) in [6.07, 6.45) is 18.8. The van der Waals surface area contributed by atoms with Crippen LogP contribution in [-0.4, -0.2) is 19.2 Å². The van der Waals surface area contributed by atoms with Gasteiger partial charge in [-0.2, -0.15) is 10.2 Å². The van der Waals surface area contributed by atoms with Crippen LogP contribution in [0.15, 0.2) is 83.0 Å². The number of hydrogen-bond donors (Lipinski definition) is 0. The fourth-order valence-corrected chi connectivity index (χ4v) is 4.91. The number of unbranched alkanes of at least 4 members (excludes halogenated alkanes) is 13. The average molecular weight is 615 g/mol. The summed E-state index contributed by atoms with van der Waals surface area (Å²) >= 11 is 0. The number of benzene rings is 3. The molecular formula is C39H54N2O4. The molecule has 6 heteroatoms. The molecule has 0 aliphatic heterocycles. The highest BCUT2D eigenvalue weighted by molar-refractivity contribution is 5.91. The third-order valence-electron chi connectivity index (χ3n) is 7.60. The first-order valence-electron chi connectivity index (χ1n) is 17.2. The smallest absolute Gasteiger partial charge is 0.343 e. The molecule has 6 nitrogen and oxygen atoms in total. The Bertz CT molecular complexity index is 1220. The highest BCUT2D eigenvalue weighted by atomic mass is 16.5. The van der Waals surface area contributed by atoms with Gasteiger partial charge in [-0.3, -0.25) is 0 Å². The monoisotopic (exact) mass is 614 g/mol. The van der Waals surface area contributed by atoms with Crippen molar-refractivity contribution in [1.29, 1.82) is 0 Å². The second kappa shape index (κ2) is 21.9. The van der Waals surface area contributed by atoms with Gasteiger partial charge in [0, 0.05) is 0 Å². The first-order valence-corrected chi connectivity index (χ1v) is 17.2. The normalized spacial score (nSPS) is 11.3. The number of ether oxygens (including phenoxy) is 3. The van der Waals surface area contributed by atoms with E-state index in [9.17, 15) is 4.79 Å². The maximum atomic E-state index is 12.6. The van der Waals surface area contributed by atoms with E-state index in [2.05, 4.69) is 31.0 Å². The van der Waals surface area contributed by atoms with E-state index in [1.807, 2.05) is 36.4 Å². The molecule has 45 heavy (non-hydrogen) atoms. The Balaban J connectivity index is 1.26. The van der Waals surface area contributed by atoms with Crippen molar-refractivity contribution in [1.82, 2.24) is 0 Å². The van der Waals surface area contributed by atoms with Crippen molar-refractivity contribution in [2.75, 3.05) is 13.2 Å². The zero-order chi connectivity index (χ0) is 32.0. The van der Waals surface area contributed by atoms with Crippen LogP contribution in [0.25, 0.3) is 0 Å². The summed E-state index contributed by atoms with van der Waals surface area (Å²) in [6.45, 7) is 7.88. The second-order valence-corrected chi connectivity index (χ2v) is 12.3. The maximum Gasteiger partial charge on any atom is 0.343 e. The lowest BCUT2D eigenvalue weighted by molar-refractivity contribution is 0.0734. The minimum atomic E-state index is -0.414. The molecule has 0 aliphatic rings. The van der Waals surface area contributed by atoms with Gasteiger partial charge in [0.2, 0.25) is 0 Å². The highest BCUT2D eigenvalue weighted by Crippen LogP contribution is 2.24. The Morgan fingerprint density at radius 2 is 0.978 bits per heavy atom. The van der Waals surface area contributed by atoms with Crippen molar-refractivity contribution >= 4 is 17.3 Å². The molecule has 0 fully saturated rings. The molecule has 0 heterocycles. The van der Waals surface area contributed by atoms with Gasteiger partial charge in [0.15, 0.2) is 0 Å². The highest BCUT2D eigenvalue weighted by Gasteiger charge is 2.09. The molecule has 3 rings (SSSR count). The standard InChI is InChI=1S/C39H54N2O4/c1-4-5-6-7-8-9-10-11-12-13-14-15-16-17-30-43-36-24-18-33(19-25-36)39(42)45-38-28-22-35(23-29-38)41-40-34-20-26-37(27-21-34)44-31-32(2)3/h18-29,32H,4-17,30-31H2,1-3H3. The topological polar surface area (TPSA) is 69.5 Å². The molecule has 0 aliphatic carbocycles. The SMILES string of the molecule is CCCCCCCCCCCCCCCCOc1ccc(C(=O)Oc2ccc(N=Nc3ccc(OCC(C)C)cc3)cc2)cc1. The Morgan fingerprint density at radius 1 is 0.556 bits per heavy atom. The Kier molecular flexibility index (Phi) is 17.5. The fourth-order valence-electron chi connectivity index (χ4n) is 4.91. The molecule has 0 unspecified atom stereocenters. The quantitative estimate of drug-likeness (QED) is 0.0461. The van der Waals surface area contributed by atoms with Crippen LogP contribution in [-0.2, 0) is 0 Å². The number of hydrogen-bond acceptors (Lipinski definition) is 6. The van der Waals surface area contributed by atoms with Gasteiger partial charge >= 0.3 is 5.97 Å². The van der Waals surface area contributed by atoms with Crippen molar-refractivity contribution in [3.05, 3.63) is 78.4 Å². The molecule has 3 aromatic carbocycles. The van der Waals surface area contributed by atoms with Gasteiger partial charge in [-0.15, -0.1) is 0 Å². The summed E-state index contributed by atoms with van der Waals surface area (Å²) in [6, 6.07) is 21.6. The third kappa shape index (κ3) is 15.8. The molecule has 0 bridgehead atoms. The lowest BCUT2D eigenvalue weighted by atomic mass is 10.0. The molecule has 0 saturated heterocycles. The molecule has 0 radical (unpaired) electrons. The van der Waals surface area contributed by atoms with Crippen molar-refractivity contribution < 1.29 is 19.0 Å². The van der Waals surface area contributed by atoms with E-state index < -0.39 is 5.97 Å². The summed E-state index contributed by atoms with van der Waals surface area (Å²) < 4.78 is 17.1. The van der Waals surface area contributed by atoms with E-state index in [-0.39, 0.29) is 0 Å². The number of carbonyl (C=O) groups excluding carboxylic acids is 1. The molecule has 0 N–H and O–H groups in total. The average Bonchev–Trinajstić information content (AvgIpc) is 3.06. The van der Waals surface area contributed by atoms with Gasteiger partial charge in [-0.25, -0.2) is 4.79 Å². The zero-order valence-electron chi connectivity index (χ0n) is 27.8. The lowest BCUT2D eigenvalue weighted by Gasteiger charge is -2.08. The first-order chi connectivity index (χ1) is 22.0. The number of esters is 1. The van der Waals surface area contributed by atoms with Crippen molar-refractivity contribution in [2.45, 2.75) is 111 Å². The molecule has 0 atom stereocenters. The van der Waals surface area contributed by atoms with Crippen LogP contribution in [0.3, 0.4) is 0 Å². The van der Waals surface area contributed by atoms with Gasteiger partial charge in [-0.05, 0) is 85.1 Å². The molecule has 3 aromatic rings. The van der Waals surface area contributed by atoms with Gasteiger partial charge in [-0.1, -0.05) is 104 Å². The van der Waals surface area contributed by atoms with E-state index in [1.165, 1.54) is 83.5 Å². The molecule has 0 aromatic heterocycles. The number of nitrogens with zero attached hydrogens (tertiary/aromatic N) is 2. The van der Waals surface area contributed by atoms with Gasteiger partial charge in [0.05, 0.1) is 30.2 Å². The molecule has 0 spiro atoms. The minimum absolute atomic E-state index is 0.414. The zero-order valence-corrected chi connectivity index (χ0v) is 27.8. The largest absolute Gasteiger partial charge is 0.494 e. The summed E-state index contributed by atoms with van der Waals surface area (Å²) in [5, 5.41) is 8.54. The van der Waals surface area contributed by atoms with Crippen LogP contribution >= 0.6 is 0 Å². The van der Waals surface area contributed by atoms with E-state index in [0.717, 1.165) is 23.6 Å². The number of carbonyl (C=O) groups is 1. The third-order valence-corrected chi connectivity index (χ3v) is 7.60. The summed E-state index contributed by atoms with van der Waals surface area (Å²) in [5.74, 6) is 2.09. The number of rotatable bonds is 23. The molecule has 244 valence electrons. The van der Waals surface area contributed by atoms with Crippen molar-refractivity contribution in [2.24, 2.45) is 16.1 Å². The molecular weight excluding hydrogens is 560 g/mol. The predicted octanol–water partition coefficient (Wildman–Crippen LogP) is 12.2. The van der Waals surface area contributed by atoms with Gasteiger partial charge in [0.25, 0.3) is 0 Å². The summed E-state index contributed by atoms with van der Waals surface area (Å²) in [5.41, 5.74) is 1.87. The van der Waals surface area contributed by atoms with Crippen LogP contribution in [0.4, 0.5) is 11.4 Å². The van der Waals surface area contributed by atoms with Crippen LogP contribution in [0.5, 0.6) is 17.2 Å². The van der Waals surface area contributed by atoms with Crippen LogP contribution in [0.1, 0.15) is 121 Å². The summed E-state index contributed by atoms with van der Waals surface area (Å²) in [4.78, 5) is 12.6. The van der Waals surface area contributed by atoms with E-state index in [1.54, 1.807) is 36.4 Å². The number of azo groups is 1. The molecule has 0 saturated carbocycles. The van der Waals surface area contributed by atoms with Crippen LogP contribution in [0, 0.1) is 5.92 Å². The summed E-state index contributed by atoms with van der Waals surface area (Å²) in [7, 11) is 0. The van der Waals surface area contributed by atoms with E-state index >= 15 is 0 Å². The second-order valence-electron chi connectivity index (χ2n) is 12.3. The Labute approximate surface area is 271 Å². The van der Waals surface area contributed by atoms with E-state index in [0.29, 0.717) is 36.1 Å². The van der Waals surface area contributed by atoms with Crippen molar-refractivity contribution in [3.8, 4) is 17.2 Å². The predicted molar refractivity (Wildman–Crippen MR) is 185 cm³/mol. The first kappa shape index (κ1) is 35.8. The Hall–Kier alpha value is -3.67. The Morgan fingerprint density at radius 3 is 1.47 bits per heavy atom. The van der Waals surface area contributed by atoms with E-state index in [4.69, 9.17) is 14.2 Å².